The van der Waals surface area contributed by atoms with Crippen LogP contribution in [0, 0.1) is 5.92 Å². The Kier molecular flexibility index (Phi) is 4.12. The first-order valence-electron chi connectivity index (χ1n) is 5.81. The summed E-state index contributed by atoms with van der Waals surface area (Å²) >= 11 is 3.38. The third-order valence-electron chi connectivity index (χ3n) is 3.22. The Morgan fingerprint density at radius 1 is 1.20 bits per heavy atom. The highest BCUT2D eigenvalue weighted by Crippen LogP contribution is 2.27. The average molecular weight is 269 g/mol. The fraction of sp³-hybridized carbons (Fsp3) is 0.667. The number of hydrogen-bond acceptors (Lipinski definition) is 2. The molecule has 2 rings (SSSR count). The Morgan fingerprint density at radius 3 is 2.73 bits per heavy atom. The lowest BCUT2D eigenvalue weighted by molar-refractivity contribution is 0.338. The molecule has 0 amide bonds. The molecule has 3 heteroatoms. The van der Waals surface area contributed by atoms with Gasteiger partial charge in [-0.3, -0.25) is 0 Å². The zero-order valence-corrected chi connectivity index (χ0v) is 10.5. The van der Waals surface area contributed by atoms with Gasteiger partial charge in [-0.25, -0.2) is 9.97 Å². The van der Waals surface area contributed by atoms with Gasteiger partial charge in [-0.05, 0) is 40.8 Å². The quantitative estimate of drug-likeness (QED) is 0.781. The smallest absolute Gasteiger partial charge is 0.116 e. The van der Waals surface area contributed by atoms with E-state index in [9.17, 15) is 0 Å². The van der Waals surface area contributed by atoms with E-state index in [-0.39, 0.29) is 0 Å². The first kappa shape index (κ1) is 11.1. The van der Waals surface area contributed by atoms with Crippen LogP contribution >= 0.6 is 15.9 Å². The summed E-state index contributed by atoms with van der Waals surface area (Å²) in [6.45, 7) is 0. The van der Waals surface area contributed by atoms with E-state index in [1.807, 2.05) is 6.07 Å². The van der Waals surface area contributed by atoms with Crippen LogP contribution in [0.3, 0.4) is 0 Å². The highest BCUT2D eigenvalue weighted by atomic mass is 79.9. The minimum Gasteiger partial charge on any atom is -0.241 e. The van der Waals surface area contributed by atoms with Crippen LogP contribution in [0.25, 0.3) is 0 Å². The van der Waals surface area contributed by atoms with Crippen LogP contribution in [0.1, 0.15) is 44.2 Å². The van der Waals surface area contributed by atoms with Crippen molar-refractivity contribution in [1.82, 2.24) is 9.97 Å². The summed E-state index contributed by atoms with van der Waals surface area (Å²) in [6, 6.07) is 2.03. The Labute approximate surface area is 99.7 Å². The van der Waals surface area contributed by atoms with Gasteiger partial charge in [0.05, 0.1) is 0 Å². The van der Waals surface area contributed by atoms with Crippen LogP contribution in [0.5, 0.6) is 0 Å². The number of aromatic nitrogens is 2. The van der Waals surface area contributed by atoms with Crippen molar-refractivity contribution in [2.45, 2.75) is 44.9 Å². The maximum atomic E-state index is 4.28. The van der Waals surface area contributed by atoms with Gasteiger partial charge in [0.25, 0.3) is 0 Å². The van der Waals surface area contributed by atoms with E-state index >= 15 is 0 Å². The second-order valence-corrected chi connectivity index (χ2v) is 5.19. The van der Waals surface area contributed by atoms with Crippen molar-refractivity contribution in [2.24, 2.45) is 5.92 Å². The fourth-order valence-electron chi connectivity index (χ4n) is 2.33. The minimum atomic E-state index is 0.899. The summed E-state index contributed by atoms with van der Waals surface area (Å²) in [5.41, 5.74) is 1.17. The number of rotatable bonds is 3. The molecule has 1 aliphatic rings. The van der Waals surface area contributed by atoms with E-state index in [0.29, 0.717) is 0 Å². The molecule has 1 aliphatic carbocycles. The third-order valence-corrected chi connectivity index (χ3v) is 3.66. The molecule has 1 fully saturated rings. The van der Waals surface area contributed by atoms with Crippen molar-refractivity contribution >= 4 is 15.9 Å². The van der Waals surface area contributed by atoms with Crippen molar-refractivity contribution in [3.8, 4) is 0 Å². The van der Waals surface area contributed by atoms with Crippen molar-refractivity contribution < 1.29 is 0 Å². The average Bonchev–Trinajstić information content (AvgIpc) is 2.28. The van der Waals surface area contributed by atoms with Crippen LogP contribution in [0.15, 0.2) is 17.0 Å². The summed E-state index contributed by atoms with van der Waals surface area (Å²) < 4.78 is 0.899. The Balaban J connectivity index is 1.81. The molecule has 0 atom stereocenters. The van der Waals surface area contributed by atoms with E-state index in [2.05, 4.69) is 25.9 Å². The normalized spacial score (nSPS) is 17.9. The number of nitrogens with zero attached hydrogens (tertiary/aromatic N) is 2. The lowest BCUT2D eigenvalue weighted by Crippen LogP contribution is -2.07. The molecule has 0 aliphatic heterocycles. The maximum Gasteiger partial charge on any atom is 0.116 e. The van der Waals surface area contributed by atoms with Crippen LogP contribution < -0.4 is 0 Å². The molecule has 0 spiro atoms. The Bertz CT molecular complexity index is 308. The first-order valence-corrected chi connectivity index (χ1v) is 6.60. The monoisotopic (exact) mass is 268 g/mol. The molecule has 1 aromatic heterocycles. The molecule has 15 heavy (non-hydrogen) atoms. The molecular formula is C12H17BrN2. The summed E-state index contributed by atoms with van der Waals surface area (Å²) in [6.07, 6.45) is 11.2. The lowest BCUT2D eigenvalue weighted by Gasteiger charge is -2.20. The predicted octanol–water partition coefficient (Wildman–Crippen LogP) is 3.75. The highest BCUT2D eigenvalue weighted by Gasteiger charge is 2.13. The molecule has 0 aromatic carbocycles. The van der Waals surface area contributed by atoms with Gasteiger partial charge in [-0.2, -0.15) is 0 Å². The van der Waals surface area contributed by atoms with Gasteiger partial charge in [-0.15, -0.1) is 0 Å². The zero-order chi connectivity index (χ0) is 10.5. The van der Waals surface area contributed by atoms with Gasteiger partial charge in [0.15, 0.2) is 0 Å². The van der Waals surface area contributed by atoms with Crippen LogP contribution in [0.4, 0.5) is 0 Å². The first-order chi connectivity index (χ1) is 7.34. The van der Waals surface area contributed by atoms with E-state index in [1.165, 1.54) is 44.2 Å². The molecule has 0 bridgehead atoms. The van der Waals surface area contributed by atoms with E-state index in [4.69, 9.17) is 0 Å². The van der Waals surface area contributed by atoms with Gasteiger partial charge in [0.1, 0.15) is 10.9 Å². The molecule has 0 N–H and O–H groups in total. The largest absolute Gasteiger partial charge is 0.241 e. The molecule has 0 saturated heterocycles. The van der Waals surface area contributed by atoms with E-state index in [0.717, 1.165) is 16.9 Å². The second-order valence-electron chi connectivity index (χ2n) is 4.37. The van der Waals surface area contributed by atoms with Gasteiger partial charge in [-0.1, -0.05) is 32.1 Å². The van der Waals surface area contributed by atoms with Gasteiger partial charge in [0.2, 0.25) is 0 Å². The summed E-state index contributed by atoms with van der Waals surface area (Å²) in [5.74, 6) is 0.937. The lowest BCUT2D eigenvalue weighted by atomic mass is 9.86. The number of aryl methyl sites for hydroxylation is 1. The topological polar surface area (TPSA) is 25.8 Å². The van der Waals surface area contributed by atoms with Crippen LogP contribution in [-0.4, -0.2) is 9.97 Å². The standard InChI is InChI=1S/C12H17BrN2/c13-12-8-11(14-9-15-12)7-6-10-4-2-1-3-5-10/h8-10H,1-7H2. The van der Waals surface area contributed by atoms with Gasteiger partial charge < -0.3 is 0 Å². The molecule has 1 heterocycles. The van der Waals surface area contributed by atoms with Crippen LogP contribution in [0.2, 0.25) is 0 Å². The third kappa shape index (κ3) is 3.56. The number of hydrogen-bond donors (Lipinski definition) is 0. The maximum absolute atomic E-state index is 4.28. The van der Waals surface area contributed by atoms with E-state index < -0.39 is 0 Å². The summed E-state index contributed by atoms with van der Waals surface area (Å²) in [4.78, 5) is 8.32. The summed E-state index contributed by atoms with van der Waals surface area (Å²) in [5, 5.41) is 0. The summed E-state index contributed by atoms with van der Waals surface area (Å²) in [7, 11) is 0. The van der Waals surface area contributed by atoms with E-state index in [1.54, 1.807) is 6.33 Å². The fourth-order valence-corrected chi connectivity index (χ4v) is 2.69. The molecular weight excluding hydrogens is 252 g/mol. The molecule has 1 aromatic rings. The van der Waals surface area contributed by atoms with Crippen molar-refractivity contribution in [2.75, 3.05) is 0 Å². The Hall–Kier alpha value is -0.440. The molecule has 1 saturated carbocycles. The predicted molar refractivity (Wildman–Crippen MR) is 64.6 cm³/mol. The van der Waals surface area contributed by atoms with Crippen molar-refractivity contribution in [1.29, 1.82) is 0 Å². The molecule has 0 unspecified atom stereocenters. The highest BCUT2D eigenvalue weighted by molar-refractivity contribution is 9.10. The Morgan fingerprint density at radius 2 is 2.00 bits per heavy atom. The second kappa shape index (κ2) is 5.59. The molecule has 82 valence electrons. The molecule has 0 radical (unpaired) electrons. The van der Waals surface area contributed by atoms with Gasteiger partial charge >= 0.3 is 0 Å². The molecule has 2 nitrogen and oxygen atoms in total. The van der Waals surface area contributed by atoms with Crippen LogP contribution in [-0.2, 0) is 6.42 Å². The van der Waals surface area contributed by atoms with Crippen molar-refractivity contribution in [3.05, 3.63) is 22.7 Å². The minimum absolute atomic E-state index is 0.899. The SMILES string of the molecule is Brc1cc(CCC2CCCCC2)ncn1. The van der Waals surface area contributed by atoms with Crippen molar-refractivity contribution in [3.63, 3.8) is 0 Å². The number of halogens is 1. The zero-order valence-electron chi connectivity index (χ0n) is 8.95. The van der Waals surface area contributed by atoms with Gasteiger partial charge in [0, 0.05) is 5.69 Å².